The van der Waals surface area contributed by atoms with Crippen molar-refractivity contribution in [3.63, 3.8) is 0 Å². The van der Waals surface area contributed by atoms with E-state index in [1.54, 1.807) is 26.8 Å². The number of thioether (sulfide) groups is 1. The maximum absolute atomic E-state index is 8.21. The summed E-state index contributed by atoms with van der Waals surface area (Å²) in [5.41, 5.74) is 3.28. The summed E-state index contributed by atoms with van der Waals surface area (Å²) >= 11 is 4.82. The zero-order valence-corrected chi connectivity index (χ0v) is 21.4. The van der Waals surface area contributed by atoms with Crippen molar-refractivity contribution in [2.24, 2.45) is 0 Å². The number of aromatic amines is 1. The Kier molecular flexibility index (Phi) is 6.69. The number of aryl methyl sites for hydroxylation is 2. The van der Waals surface area contributed by atoms with Crippen LogP contribution >= 0.6 is 27.7 Å². The third-order valence-corrected chi connectivity index (χ3v) is 6.92. The molecule has 4 aromatic rings. The van der Waals surface area contributed by atoms with E-state index in [-0.39, 0.29) is 5.49 Å². The second-order valence-electron chi connectivity index (χ2n) is 7.64. The number of ether oxygens (including phenoxy) is 4. The second kappa shape index (κ2) is 10.0. The topological polar surface area (TPSA) is 107 Å². The van der Waals surface area contributed by atoms with Crippen LogP contribution in [0, 0.1) is 5.41 Å². The fourth-order valence-electron chi connectivity index (χ4n) is 3.66. The number of aromatic nitrogens is 4. The lowest BCUT2D eigenvalue weighted by Crippen LogP contribution is -2.13. The average molecular weight is 556 g/mol. The molecule has 5 rings (SSSR count). The Balaban J connectivity index is 1.33. The molecule has 0 bridgehead atoms. The molecule has 180 valence electrons. The van der Waals surface area contributed by atoms with Crippen LogP contribution in [0.25, 0.3) is 11.2 Å². The number of nitrogens with one attached hydrogen (secondary N) is 2. The van der Waals surface area contributed by atoms with E-state index >= 15 is 0 Å². The SMILES string of the molecule is COc1cc(CCn2cnc(=N)c3[nH]c(SC4=COC(c5ccccc5Br)O4)nc32)cc(OC)c1. The molecule has 0 aliphatic carbocycles. The molecule has 3 heterocycles. The molecule has 0 fully saturated rings. The van der Waals surface area contributed by atoms with E-state index in [1.165, 1.54) is 11.8 Å². The molecular weight excluding hydrogens is 534 g/mol. The predicted octanol–water partition coefficient (Wildman–Crippen LogP) is 4.90. The minimum absolute atomic E-state index is 0.127. The number of methoxy groups -OCH3 is 2. The molecule has 11 heteroatoms. The Morgan fingerprint density at radius 2 is 1.94 bits per heavy atom. The summed E-state index contributed by atoms with van der Waals surface area (Å²) < 4.78 is 25.2. The van der Waals surface area contributed by atoms with Gasteiger partial charge in [-0.1, -0.05) is 34.1 Å². The van der Waals surface area contributed by atoms with E-state index in [0.29, 0.717) is 34.4 Å². The third-order valence-electron chi connectivity index (χ3n) is 5.42. The first kappa shape index (κ1) is 23.3. The average Bonchev–Trinajstić information content (AvgIpc) is 3.51. The van der Waals surface area contributed by atoms with Crippen LogP contribution in [-0.4, -0.2) is 33.7 Å². The van der Waals surface area contributed by atoms with Gasteiger partial charge in [0.2, 0.25) is 5.09 Å². The predicted molar refractivity (Wildman–Crippen MR) is 134 cm³/mol. The highest BCUT2D eigenvalue weighted by Gasteiger charge is 2.25. The monoisotopic (exact) mass is 555 g/mol. The highest BCUT2D eigenvalue weighted by molar-refractivity contribution is 9.10. The summed E-state index contributed by atoms with van der Waals surface area (Å²) in [5.74, 6) is 1.47. The quantitative estimate of drug-likeness (QED) is 0.318. The van der Waals surface area contributed by atoms with Crippen molar-refractivity contribution in [2.45, 2.75) is 24.4 Å². The minimum atomic E-state index is -0.532. The standard InChI is InChI=1S/C24H22BrN5O4S/c1-31-15-9-14(10-16(11-15)32-2)7-8-30-13-27-21(26)20-22(30)29-24(28-20)35-19-12-33-23(34-19)17-5-3-4-6-18(17)25/h3-6,9-13,23,26H,7-8H2,1-2H3,(H,28,29). The highest BCUT2D eigenvalue weighted by Crippen LogP contribution is 2.39. The first-order chi connectivity index (χ1) is 17.0. The molecular formula is C24H22BrN5O4S. The lowest BCUT2D eigenvalue weighted by atomic mass is 10.1. The van der Waals surface area contributed by atoms with Crippen LogP contribution in [0.1, 0.15) is 17.4 Å². The number of halogens is 1. The molecule has 2 aromatic heterocycles. The minimum Gasteiger partial charge on any atom is -0.497 e. The molecule has 2 aromatic carbocycles. The first-order valence-corrected chi connectivity index (χ1v) is 12.3. The van der Waals surface area contributed by atoms with Gasteiger partial charge in [0.25, 0.3) is 6.29 Å². The van der Waals surface area contributed by atoms with Gasteiger partial charge in [0, 0.05) is 22.6 Å². The van der Waals surface area contributed by atoms with Gasteiger partial charge in [-0.15, -0.1) is 0 Å². The number of hydrogen-bond donors (Lipinski definition) is 2. The third kappa shape index (κ3) is 5.01. The molecule has 0 saturated carbocycles. The van der Waals surface area contributed by atoms with E-state index in [0.717, 1.165) is 27.1 Å². The number of rotatable bonds is 8. The summed E-state index contributed by atoms with van der Waals surface area (Å²) in [6.07, 6.45) is 3.38. The zero-order valence-electron chi connectivity index (χ0n) is 18.9. The number of benzene rings is 2. The summed E-state index contributed by atoms with van der Waals surface area (Å²) in [6.45, 7) is 0.613. The Morgan fingerprint density at radius 3 is 2.69 bits per heavy atom. The highest BCUT2D eigenvalue weighted by atomic mass is 79.9. The van der Waals surface area contributed by atoms with Crippen LogP contribution in [0.3, 0.4) is 0 Å². The maximum atomic E-state index is 8.21. The molecule has 1 atom stereocenters. The van der Waals surface area contributed by atoms with E-state index in [2.05, 4.69) is 25.9 Å². The summed E-state index contributed by atoms with van der Waals surface area (Å²) in [4.78, 5) is 12.1. The van der Waals surface area contributed by atoms with Gasteiger partial charge in [-0.3, -0.25) is 5.41 Å². The molecule has 9 nitrogen and oxygen atoms in total. The Morgan fingerprint density at radius 1 is 1.17 bits per heavy atom. The van der Waals surface area contributed by atoms with Gasteiger partial charge in [0.1, 0.15) is 23.3 Å². The fraction of sp³-hybridized carbons (Fsp3) is 0.208. The van der Waals surface area contributed by atoms with Crippen molar-refractivity contribution in [3.8, 4) is 11.5 Å². The lowest BCUT2D eigenvalue weighted by Gasteiger charge is -2.12. The van der Waals surface area contributed by atoms with Crippen LogP contribution in [0.15, 0.2) is 69.8 Å². The van der Waals surface area contributed by atoms with Crippen molar-refractivity contribution in [2.75, 3.05) is 14.2 Å². The molecule has 0 radical (unpaired) electrons. The van der Waals surface area contributed by atoms with E-state index < -0.39 is 6.29 Å². The molecule has 1 aliphatic rings. The van der Waals surface area contributed by atoms with E-state index in [4.69, 9.17) is 29.3 Å². The Hall–Kier alpha value is -3.44. The van der Waals surface area contributed by atoms with Crippen LogP contribution in [0.5, 0.6) is 11.5 Å². The number of nitrogens with zero attached hydrogens (tertiary/aromatic N) is 3. The molecule has 2 N–H and O–H groups in total. The zero-order chi connectivity index (χ0) is 24.4. The molecule has 35 heavy (non-hydrogen) atoms. The number of hydrogen-bond acceptors (Lipinski definition) is 8. The van der Waals surface area contributed by atoms with Crippen molar-refractivity contribution in [1.82, 2.24) is 19.5 Å². The Bertz CT molecular complexity index is 1450. The fourth-order valence-corrected chi connectivity index (χ4v) is 4.85. The molecule has 0 spiro atoms. The lowest BCUT2D eigenvalue weighted by molar-refractivity contribution is -0.0278. The summed E-state index contributed by atoms with van der Waals surface area (Å²) in [6, 6.07) is 13.5. The molecule has 0 amide bonds. The van der Waals surface area contributed by atoms with Crippen molar-refractivity contribution in [1.29, 1.82) is 5.41 Å². The second-order valence-corrected chi connectivity index (χ2v) is 9.49. The van der Waals surface area contributed by atoms with E-state index in [9.17, 15) is 0 Å². The van der Waals surface area contributed by atoms with Gasteiger partial charge >= 0.3 is 0 Å². The van der Waals surface area contributed by atoms with Crippen LogP contribution < -0.4 is 15.0 Å². The van der Waals surface area contributed by atoms with Crippen LogP contribution in [-0.2, 0) is 22.4 Å². The van der Waals surface area contributed by atoms with Crippen LogP contribution in [0.4, 0.5) is 0 Å². The van der Waals surface area contributed by atoms with Gasteiger partial charge in [0.05, 0.1) is 20.5 Å². The van der Waals surface area contributed by atoms with Gasteiger partial charge in [-0.25, -0.2) is 9.97 Å². The van der Waals surface area contributed by atoms with Gasteiger partial charge in [-0.2, -0.15) is 0 Å². The number of fused-ring (bicyclic) bond motifs is 1. The van der Waals surface area contributed by atoms with Crippen molar-refractivity contribution < 1.29 is 18.9 Å². The Labute approximate surface area is 213 Å². The van der Waals surface area contributed by atoms with Gasteiger partial charge in [0.15, 0.2) is 16.3 Å². The van der Waals surface area contributed by atoms with Gasteiger partial charge in [-0.05, 0) is 41.9 Å². The molecule has 1 unspecified atom stereocenters. The van der Waals surface area contributed by atoms with Crippen LogP contribution in [0.2, 0.25) is 0 Å². The molecule has 0 saturated heterocycles. The summed E-state index contributed by atoms with van der Waals surface area (Å²) in [5, 5.41) is 9.37. The van der Waals surface area contributed by atoms with Crippen molar-refractivity contribution in [3.05, 3.63) is 81.2 Å². The number of imidazole rings is 1. The first-order valence-electron chi connectivity index (χ1n) is 10.7. The van der Waals surface area contributed by atoms with Gasteiger partial charge < -0.3 is 28.5 Å². The number of H-pyrrole nitrogens is 1. The normalized spacial score (nSPS) is 14.9. The largest absolute Gasteiger partial charge is 0.497 e. The summed E-state index contributed by atoms with van der Waals surface area (Å²) in [7, 11) is 3.26. The molecule has 1 aliphatic heterocycles. The smallest absolute Gasteiger partial charge is 0.268 e. The van der Waals surface area contributed by atoms with E-state index in [1.807, 2.05) is 47.0 Å². The van der Waals surface area contributed by atoms with Crippen molar-refractivity contribution >= 4 is 38.9 Å². The maximum Gasteiger partial charge on any atom is 0.268 e.